The highest BCUT2D eigenvalue weighted by Crippen LogP contribution is 2.20. The molecule has 2 aromatic carbocycles. The van der Waals surface area contributed by atoms with Gasteiger partial charge in [-0.15, -0.1) is 0 Å². The summed E-state index contributed by atoms with van der Waals surface area (Å²) >= 11 is 6.01. The fraction of sp³-hybridized carbons (Fsp3) is 0.250. The standard InChI is InChI=1S/C20H22ClN5O2/c1-3-27-17-10-5-4-7-15(17)12-23-20(22-2)24-13-18-25-19(26-28-18)14-8-6-9-16(21)11-14/h4-11H,3,12-13H2,1-2H3,(H2,22,23,24). The number of aromatic nitrogens is 2. The molecule has 0 aliphatic carbocycles. The van der Waals surface area contributed by atoms with Crippen molar-refractivity contribution in [1.29, 1.82) is 0 Å². The minimum Gasteiger partial charge on any atom is -0.494 e. The lowest BCUT2D eigenvalue weighted by molar-refractivity contribution is 0.336. The molecular weight excluding hydrogens is 378 g/mol. The summed E-state index contributed by atoms with van der Waals surface area (Å²) in [5.41, 5.74) is 1.85. The average Bonchev–Trinajstić information content (AvgIpc) is 3.18. The third-order valence-corrected chi connectivity index (χ3v) is 4.14. The van der Waals surface area contributed by atoms with Gasteiger partial charge in [-0.2, -0.15) is 4.98 Å². The molecule has 0 radical (unpaired) electrons. The van der Waals surface area contributed by atoms with Gasteiger partial charge in [0.15, 0.2) is 5.96 Å². The zero-order chi connectivity index (χ0) is 19.8. The maximum absolute atomic E-state index is 6.01. The summed E-state index contributed by atoms with van der Waals surface area (Å²) in [6, 6.07) is 15.2. The lowest BCUT2D eigenvalue weighted by Gasteiger charge is -2.13. The number of ether oxygens (including phenoxy) is 1. The van der Waals surface area contributed by atoms with Crippen LogP contribution in [0.4, 0.5) is 0 Å². The summed E-state index contributed by atoms with van der Waals surface area (Å²) in [5.74, 6) is 2.42. The number of hydrogen-bond donors (Lipinski definition) is 2. The summed E-state index contributed by atoms with van der Waals surface area (Å²) in [4.78, 5) is 8.60. The maximum Gasteiger partial charge on any atom is 0.246 e. The molecule has 0 aliphatic heterocycles. The largest absolute Gasteiger partial charge is 0.494 e. The summed E-state index contributed by atoms with van der Waals surface area (Å²) < 4.78 is 10.9. The van der Waals surface area contributed by atoms with Crippen LogP contribution in [-0.2, 0) is 13.1 Å². The van der Waals surface area contributed by atoms with Gasteiger partial charge in [-0.25, -0.2) is 0 Å². The van der Waals surface area contributed by atoms with Gasteiger partial charge in [0.2, 0.25) is 11.7 Å². The van der Waals surface area contributed by atoms with Crippen molar-refractivity contribution in [2.75, 3.05) is 13.7 Å². The number of nitrogens with zero attached hydrogens (tertiary/aromatic N) is 3. The molecule has 28 heavy (non-hydrogen) atoms. The number of nitrogens with one attached hydrogen (secondary N) is 2. The monoisotopic (exact) mass is 399 g/mol. The van der Waals surface area contributed by atoms with Crippen LogP contribution in [-0.4, -0.2) is 29.8 Å². The van der Waals surface area contributed by atoms with E-state index in [4.69, 9.17) is 20.9 Å². The van der Waals surface area contributed by atoms with Gasteiger partial charge in [-0.1, -0.05) is 47.1 Å². The van der Waals surface area contributed by atoms with Crippen LogP contribution >= 0.6 is 11.6 Å². The van der Waals surface area contributed by atoms with E-state index < -0.39 is 0 Å². The second-order valence-electron chi connectivity index (χ2n) is 5.84. The van der Waals surface area contributed by atoms with E-state index in [9.17, 15) is 0 Å². The first-order chi connectivity index (χ1) is 13.7. The highest BCUT2D eigenvalue weighted by atomic mass is 35.5. The molecule has 1 aromatic heterocycles. The number of aliphatic imine (C=N–C) groups is 1. The number of halogens is 1. The molecule has 0 unspecified atom stereocenters. The Hall–Kier alpha value is -3.06. The Balaban J connectivity index is 1.56. The van der Waals surface area contributed by atoms with Crippen LogP contribution in [0.1, 0.15) is 18.4 Å². The lowest BCUT2D eigenvalue weighted by atomic mass is 10.2. The van der Waals surface area contributed by atoms with Crippen molar-refractivity contribution >= 4 is 17.6 Å². The second kappa shape index (κ2) is 9.75. The normalized spacial score (nSPS) is 11.3. The summed E-state index contributed by atoms with van der Waals surface area (Å²) in [6.45, 7) is 3.51. The fourth-order valence-corrected chi connectivity index (χ4v) is 2.77. The zero-order valence-corrected chi connectivity index (χ0v) is 16.5. The van der Waals surface area contributed by atoms with Crippen LogP contribution < -0.4 is 15.4 Å². The van der Waals surface area contributed by atoms with Crippen LogP contribution in [0, 0.1) is 0 Å². The first-order valence-electron chi connectivity index (χ1n) is 8.93. The molecule has 3 aromatic rings. The number of hydrogen-bond acceptors (Lipinski definition) is 5. The fourth-order valence-electron chi connectivity index (χ4n) is 2.58. The Morgan fingerprint density at radius 2 is 1.96 bits per heavy atom. The summed E-state index contributed by atoms with van der Waals surface area (Å²) in [6.07, 6.45) is 0. The van der Waals surface area contributed by atoms with Gasteiger partial charge in [-0.05, 0) is 25.1 Å². The molecular formula is C20H22ClN5O2. The molecule has 1 heterocycles. The van der Waals surface area contributed by atoms with Crippen LogP contribution in [0.3, 0.4) is 0 Å². The van der Waals surface area contributed by atoms with Crippen molar-refractivity contribution < 1.29 is 9.26 Å². The van der Waals surface area contributed by atoms with Crippen LogP contribution in [0.15, 0.2) is 58.0 Å². The molecule has 0 aliphatic rings. The topological polar surface area (TPSA) is 84.6 Å². The van der Waals surface area contributed by atoms with Crippen molar-refractivity contribution in [3.8, 4) is 17.1 Å². The molecule has 8 heteroatoms. The molecule has 146 valence electrons. The van der Waals surface area contributed by atoms with E-state index in [0.717, 1.165) is 16.9 Å². The van der Waals surface area contributed by atoms with Crippen LogP contribution in [0.2, 0.25) is 5.02 Å². The molecule has 3 rings (SSSR count). The Labute approximate surface area is 168 Å². The molecule has 0 spiro atoms. The minimum atomic E-state index is 0.348. The summed E-state index contributed by atoms with van der Waals surface area (Å²) in [7, 11) is 1.70. The van der Waals surface area contributed by atoms with Gasteiger partial charge in [-0.3, -0.25) is 4.99 Å². The number of rotatable bonds is 7. The third kappa shape index (κ3) is 5.23. The Morgan fingerprint density at radius 1 is 1.14 bits per heavy atom. The van der Waals surface area contributed by atoms with Gasteiger partial charge in [0, 0.05) is 29.7 Å². The van der Waals surface area contributed by atoms with Crippen LogP contribution in [0.25, 0.3) is 11.4 Å². The van der Waals surface area contributed by atoms with Crippen LogP contribution in [0.5, 0.6) is 5.75 Å². The van der Waals surface area contributed by atoms with Crippen molar-refractivity contribution in [1.82, 2.24) is 20.8 Å². The maximum atomic E-state index is 6.01. The van der Waals surface area contributed by atoms with E-state index in [0.29, 0.717) is 42.4 Å². The average molecular weight is 400 g/mol. The lowest BCUT2D eigenvalue weighted by Crippen LogP contribution is -2.36. The minimum absolute atomic E-state index is 0.348. The van der Waals surface area contributed by atoms with Gasteiger partial charge in [0.25, 0.3) is 0 Å². The van der Waals surface area contributed by atoms with Gasteiger partial charge >= 0.3 is 0 Å². The van der Waals surface area contributed by atoms with Gasteiger partial charge < -0.3 is 19.9 Å². The predicted molar refractivity (Wildman–Crippen MR) is 109 cm³/mol. The number of guanidine groups is 1. The van der Waals surface area contributed by atoms with E-state index in [-0.39, 0.29) is 0 Å². The SMILES string of the molecule is CCOc1ccccc1CNC(=NC)NCc1nc(-c2cccc(Cl)c2)no1. The van der Waals surface area contributed by atoms with Crippen molar-refractivity contribution in [2.24, 2.45) is 4.99 Å². The van der Waals surface area contributed by atoms with Crippen molar-refractivity contribution in [2.45, 2.75) is 20.0 Å². The van der Waals surface area contributed by atoms with Gasteiger partial charge in [0.1, 0.15) is 5.75 Å². The van der Waals surface area contributed by atoms with E-state index in [1.807, 2.05) is 43.3 Å². The highest BCUT2D eigenvalue weighted by molar-refractivity contribution is 6.30. The molecule has 7 nitrogen and oxygen atoms in total. The molecule has 0 bridgehead atoms. The summed E-state index contributed by atoms with van der Waals surface area (Å²) in [5, 5.41) is 11.0. The van der Waals surface area contributed by atoms with E-state index in [1.54, 1.807) is 19.2 Å². The van der Waals surface area contributed by atoms with Gasteiger partial charge in [0.05, 0.1) is 13.2 Å². The third-order valence-electron chi connectivity index (χ3n) is 3.90. The Bertz CT molecular complexity index is 942. The number of benzene rings is 2. The van der Waals surface area contributed by atoms with E-state index in [1.165, 1.54) is 0 Å². The van der Waals surface area contributed by atoms with E-state index in [2.05, 4.69) is 25.8 Å². The molecule has 0 saturated heterocycles. The predicted octanol–water partition coefficient (Wildman–Crippen LogP) is 3.65. The molecule has 2 N–H and O–H groups in total. The Morgan fingerprint density at radius 3 is 2.75 bits per heavy atom. The zero-order valence-electron chi connectivity index (χ0n) is 15.8. The Kier molecular flexibility index (Phi) is 6.86. The first kappa shape index (κ1) is 19.7. The quantitative estimate of drug-likeness (QED) is 0.466. The second-order valence-corrected chi connectivity index (χ2v) is 6.28. The smallest absolute Gasteiger partial charge is 0.246 e. The van der Waals surface area contributed by atoms with E-state index >= 15 is 0 Å². The molecule has 0 atom stereocenters. The van der Waals surface area contributed by atoms with Crippen molar-refractivity contribution in [3.63, 3.8) is 0 Å². The molecule has 0 saturated carbocycles. The molecule has 0 amide bonds. The molecule has 0 fully saturated rings. The highest BCUT2D eigenvalue weighted by Gasteiger charge is 2.10. The van der Waals surface area contributed by atoms with Crippen molar-refractivity contribution in [3.05, 3.63) is 65.0 Å². The first-order valence-corrected chi connectivity index (χ1v) is 9.31. The number of para-hydroxylation sites is 1.